The summed E-state index contributed by atoms with van der Waals surface area (Å²) in [7, 11) is -1.62. The van der Waals surface area contributed by atoms with Crippen molar-refractivity contribution in [3.63, 3.8) is 0 Å². The molecule has 0 unspecified atom stereocenters. The molecule has 2 aromatic rings. The minimum Gasteiger partial charge on any atom is -0.368 e. The number of rotatable bonds is 6. The van der Waals surface area contributed by atoms with E-state index in [4.69, 9.17) is 0 Å². The van der Waals surface area contributed by atoms with Crippen LogP contribution in [0.25, 0.3) is 11.4 Å². The van der Waals surface area contributed by atoms with Crippen molar-refractivity contribution in [1.29, 1.82) is 0 Å². The first-order valence-electron chi connectivity index (χ1n) is 8.11. The highest BCUT2D eigenvalue weighted by Gasteiger charge is 2.18. The molecule has 2 aromatic heterocycles. The topological polar surface area (TPSA) is 100 Å². The highest BCUT2D eigenvalue weighted by molar-refractivity contribution is 7.88. The lowest BCUT2D eigenvalue weighted by Crippen LogP contribution is -2.31. The zero-order chi connectivity index (χ0) is 17.9. The molecule has 9 heteroatoms. The van der Waals surface area contributed by atoms with Gasteiger partial charge in [-0.3, -0.25) is 4.98 Å². The van der Waals surface area contributed by atoms with Gasteiger partial charge in [0.15, 0.2) is 5.82 Å². The van der Waals surface area contributed by atoms with Gasteiger partial charge in [-0.2, -0.15) is 0 Å². The maximum absolute atomic E-state index is 11.5. The third-order valence-corrected chi connectivity index (χ3v) is 5.46. The fraction of sp³-hybridized carbons (Fsp3) is 0.438. The van der Waals surface area contributed by atoms with Crippen LogP contribution in [0.3, 0.4) is 0 Å². The lowest BCUT2D eigenvalue weighted by molar-refractivity contribution is 0.486. The van der Waals surface area contributed by atoms with Crippen molar-refractivity contribution < 1.29 is 8.42 Å². The van der Waals surface area contributed by atoms with Crippen LogP contribution in [-0.4, -0.2) is 60.6 Å². The number of anilines is 1. The maximum atomic E-state index is 11.5. The fourth-order valence-corrected chi connectivity index (χ4v) is 3.05. The van der Waals surface area contributed by atoms with Crippen LogP contribution in [0.5, 0.6) is 0 Å². The first kappa shape index (κ1) is 17.7. The summed E-state index contributed by atoms with van der Waals surface area (Å²) in [5.74, 6) is 1.39. The number of nitrogens with zero attached hydrogens (tertiary/aromatic N) is 4. The smallest absolute Gasteiger partial charge is 0.211 e. The van der Waals surface area contributed by atoms with Crippen LogP contribution >= 0.6 is 0 Å². The molecular formula is C16H22N6O2S. The minimum absolute atomic E-state index is 0.373. The highest BCUT2D eigenvalue weighted by atomic mass is 32.2. The number of likely N-dealkylation sites (N-methyl/N-ethyl adjacent to an activating group) is 1. The second-order valence-corrected chi connectivity index (χ2v) is 8.09. The van der Waals surface area contributed by atoms with Crippen LogP contribution in [0.15, 0.2) is 24.5 Å². The largest absolute Gasteiger partial charge is 0.368 e. The van der Waals surface area contributed by atoms with E-state index in [9.17, 15) is 8.42 Å². The molecule has 1 aliphatic rings. The lowest BCUT2D eigenvalue weighted by Gasteiger charge is -2.21. The number of pyridine rings is 1. The molecule has 0 radical (unpaired) electrons. The van der Waals surface area contributed by atoms with Gasteiger partial charge in [0, 0.05) is 50.2 Å². The molecule has 0 amide bonds. The predicted octanol–water partition coefficient (Wildman–Crippen LogP) is 0.488. The molecule has 8 nitrogen and oxygen atoms in total. The minimum atomic E-state index is -3.18. The molecule has 134 valence electrons. The Morgan fingerprint density at radius 1 is 1.36 bits per heavy atom. The quantitative estimate of drug-likeness (QED) is 0.771. The highest BCUT2D eigenvalue weighted by Crippen LogP contribution is 2.24. The summed E-state index contributed by atoms with van der Waals surface area (Å²) in [5, 5.41) is 6.60. The van der Waals surface area contributed by atoms with Gasteiger partial charge in [-0.15, -0.1) is 0 Å². The lowest BCUT2D eigenvalue weighted by atomic mass is 10.1. The molecule has 3 heterocycles. The first-order valence-corrected chi connectivity index (χ1v) is 9.96. The van der Waals surface area contributed by atoms with Gasteiger partial charge in [-0.1, -0.05) is 0 Å². The van der Waals surface area contributed by atoms with Gasteiger partial charge in [-0.25, -0.2) is 22.7 Å². The van der Waals surface area contributed by atoms with Crippen molar-refractivity contribution in [2.75, 3.05) is 38.3 Å². The summed E-state index contributed by atoms with van der Waals surface area (Å²) in [5.41, 5.74) is 2.92. The summed E-state index contributed by atoms with van der Waals surface area (Å²) >= 11 is 0. The number of fused-ring (bicyclic) bond motifs is 1. The van der Waals surface area contributed by atoms with Gasteiger partial charge in [-0.05, 0) is 25.1 Å². The number of aromatic nitrogens is 3. The zero-order valence-corrected chi connectivity index (χ0v) is 15.2. The van der Waals surface area contributed by atoms with Crippen LogP contribution < -0.4 is 10.6 Å². The molecule has 0 bridgehead atoms. The van der Waals surface area contributed by atoms with Crippen molar-refractivity contribution in [3.05, 3.63) is 35.8 Å². The molecule has 0 aliphatic carbocycles. The van der Waals surface area contributed by atoms with E-state index >= 15 is 0 Å². The molecule has 0 saturated heterocycles. The van der Waals surface area contributed by atoms with Gasteiger partial charge in [0.2, 0.25) is 10.0 Å². The zero-order valence-electron chi connectivity index (χ0n) is 14.4. The number of hydrogen-bond donors (Lipinski definition) is 2. The normalized spacial score (nSPS) is 14.4. The third-order valence-electron chi connectivity index (χ3n) is 4.14. The molecule has 3 rings (SSSR count). The van der Waals surface area contributed by atoms with Crippen molar-refractivity contribution in [2.45, 2.75) is 13.0 Å². The van der Waals surface area contributed by atoms with Crippen molar-refractivity contribution >= 4 is 15.8 Å². The van der Waals surface area contributed by atoms with E-state index in [2.05, 4.69) is 25.6 Å². The second kappa shape index (κ2) is 7.42. The molecule has 25 heavy (non-hydrogen) atoms. The Kier molecular flexibility index (Phi) is 5.26. The molecule has 0 spiro atoms. The van der Waals surface area contributed by atoms with E-state index in [1.54, 1.807) is 19.4 Å². The summed E-state index contributed by atoms with van der Waals surface area (Å²) in [4.78, 5) is 13.4. The third kappa shape index (κ3) is 4.30. The van der Waals surface area contributed by atoms with Gasteiger partial charge in [0.05, 0.1) is 11.9 Å². The van der Waals surface area contributed by atoms with Crippen LogP contribution in [-0.2, 0) is 23.0 Å². The molecular weight excluding hydrogens is 340 g/mol. The van der Waals surface area contributed by atoms with Crippen molar-refractivity contribution in [1.82, 2.24) is 24.6 Å². The molecule has 0 saturated carbocycles. The van der Waals surface area contributed by atoms with E-state index in [1.165, 1.54) is 10.6 Å². The fourth-order valence-electron chi connectivity index (χ4n) is 2.63. The standard InChI is InChI=1S/C16H22N6O2S/c1-22(25(2,23)24)9-8-19-16-13-5-7-18-11-14(13)20-15(21-16)12-4-3-6-17-10-12/h3-4,6,10,18H,5,7-9,11H2,1-2H3,(H,19,20,21). The monoisotopic (exact) mass is 362 g/mol. The molecule has 0 atom stereocenters. The van der Waals surface area contributed by atoms with E-state index < -0.39 is 10.0 Å². The summed E-state index contributed by atoms with van der Waals surface area (Å²) in [6.07, 6.45) is 5.49. The van der Waals surface area contributed by atoms with Crippen LogP contribution in [0.1, 0.15) is 11.3 Å². The van der Waals surface area contributed by atoms with Crippen LogP contribution in [0, 0.1) is 0 Å². The maximum Gasteiger partial charge on any atom is 0.211 e. The first-order chi connectivity index (χ1) is 11.9. The van der Waals surface area contributed by atoms with E-state index in [-0.39, 0.29) is 0 Å². The summed E-state index contributed by atoms with van der Waals surface area (Å²) in [6.45, 7) is 2.43. The SMILES string of the molecule is CN(CCNc1nc(-c2cccnc2)nc2c1CCNC2)S(C)(=O)=O. The molecule has 1 aliphatic heterocycles. The Hall–Kier alpha value is -2.10. The van der Waals surface area contributed by atoms with Crippen molar-refractivity contribution in [2.24, 2.45) is 0 Å². The van der Waals surface area contributed by atoms with Crippen LogP contribution in [0.4, 0.5) is 5.82 Å². The Bertz CT molecular complexity index is 841. The number of hydrogen-bond acceptors (Lipinski definition) is 7. The number of nitrogens with one attached hydrogen (secondary N) is 2. The summed E-state index contributed by atoms with van der Waals surface area (Å²) in [6, 6.07) is 3.77. The molecule has 2 N–H and O–H groups in total. The predicted molar refractivity (Wildman–Crippen MR) is 96.6 cm³/mol. The Morgan fingerprint density at radius 2 is 2.20 bits per heavy atom. The van der Waals surface area contributed by atoms with Gasteiger partial charge in [0.25, 0.3) is 0 Å². The summed E-state index contributed by atoms with van der Waals surface area (Å²) < 4.78 is 24.3. The second-order valence-electron chi connectivity index (χ2n) is 6.00. The Labute approximate surface area is 147 Å². The van der Waals surface area contributed by atoms with E-state index in [1.807, 2.05) is 12.1 Å². The Morgan fingerprint density at radius 3 is 2.92 bits per heavy atom. The van der Waals surface area contributed by atoms with E-state index in [0.717, 1.165) is 35.6 Å². The van der Waals surface area contributed by atoms with Crippen molar-refractivity contribution in [3.8, 4) is 11.4 Å². The average Bonchev–Trinajstić information content (AvgIpc) is 2.61. The van der Waals surface area contributed by atoms with Crippen LogP contribution in [0.2, 0.25) is 0 Å². The number of sulfonamides is 1. The Balaban J connectivity index is 1.84. The van der Waals surface area contributed by atoms with Gasteiger partial charge >= 0.3 is 0 Å². The molecule has 0 aromatic carbocycles. The molecule has 0 fully saturated rings. The van der Waals surface area contributed by atoms with Gasteiger partial charge < -0.3 is 10.6 Å². The van der Waals surface area contributed by atoms with E-state index in [0.29, 0.717) is 25.5 Å². The van der Waals surface area contributed by atoms with Gasteiger partial charge in [0.1, 0.15) is 5.82 Å². The average molecular weight is 362 g/mol.